The zero-order valence-electron chi connectivity index (χ0n) is 15.5. The summed E-state index contributed by atoms with van der Waals surface area (Å²) in [4.78, 5) is 6.76. The summed E-state index contributed by atoms with van der Waals surface area (Å²) in [5, 5.41) is 12.7. The van der Waals surface area contributed by atoms with E-state index in [9.17, 15) is 5.11 Å². The third kappa shape index (κ3) is 3.01. The van der Waals surface area contributed by atoms with Crippen LogP contribution in [-0.2, 0) is 6.54 Å². The molecule has 0 spiro atoms. The molecule has 0 aliphatic carbocycles. The van der Waals surface area contributed by atoms with Crippen molar-refractivity contribution in [2.45, 2.75) is 25.5 Å². The second-order valence-corrected chi connectivity index (χ2v) is 7.87. The maximum Gasteiger partial charge on any atom is 0.0758 e. The van der Waals surface area contributed by atoms with Crippen molar-refractivity contribution in [3.8, 4) is 5.69 Å². The van der Waals surface area contributed by atoms with Crippen LogP contribution in [0, 0.1) is 0 Å². The number of β-amino-alcohol motifs (C(OH)–C–C–N with tert-alkyl or cyclic N) is 1. The summed E-state index contributed by atoms with van der Waals surface area (Å²) < 4.78 is 2.24. The lowest BCUT2D eigenvalue weighted by Gasteiger charge is -2.19. The van der Waals surface area contributed by atoms with E-state index >= 15 is 0 Å². The van der Waals surface area contributed by atoms with E-state index in [0.717, 1.165) is 42.6 Å². The van der Waals surface area contributed by atoms with Crippen LogP contribution in [0.2, 0.25) is 0 Å². The molecule has 1 N–H and O–H groups in total. The molecule has 1 saturated heterocycles. The number of benzene rings is 2. The molecule has 136 valence electrons. The van der Waals surface area contributed by atoms with Crippen molar-refractivity contribution in [3.63, 3.8) is 0 Å². The van der Waals surface area contributed by atoms with Gasteiger partial charge in [-0.3, -0.25) is 9.88 Å². The van der Waals surface area contributed by atoms with Gasteiger partial charge in [-0.15, -0.1) is 0 Å². The van der Waals surface area contributed by atoms with E-state index in [1.54, 1.807) is 0 Å². The van der Waals surface area contributed by atoms with Crippen molar-refractivity contribution in [2.75, 3.05) is 13.1 Å². The first-order chi connectivity index (χ1) is 13.1. The van der Waals surface area contributed by atoms with Gasteiger partial charge >= 0.3 is 0 Å². The van der Waals surface area contributed by atoms with Gasteiger partial charge in [0.05, 0.1) is 16.6 Å². The Balaban J connectivity index is 1.53. The van der Waals surface area contributed by atoms with Gasteiger partial charge in [0, 0.05) is 48.5 Å². The third-order valence-corrected chi connectivity index (χ3v) is 5.61. The van der Waals surface area contributed by atoms with Gasteiger partial charge in [0.25, 0.3) is 0 Å². The SMILES string of the molecule is CC1(O)CCN(Cc2cccc3c2ccn3-c2ccc3ncccc3c2)C1. The highest BCUT2D eigenvalue weighted by atomic mass is 16.3. The molecule has 4 aromatic rings. The first-order valence-corrected chi connectivity index (χ1v) is 9.48. The molecular formula is C23H23N3O. The molecule has 2 aromatic heterocycles. The van der Waals surface area contributed by atoms with Crippen molar-refractivity contribution in [2.24, 2.45) is 0 Å². The van der Waals surface area contributed by atoms with Crippen LogP contribution in [-0.4, -0.2) is 38.2 Å². The predicted molar refractivity (Wildman–Crippen MR) is 109 cm³/mol. The van der Waals surface area contributed by atoms with Crippen LogP contribution in [0.15, 0.2) is 67.0 Å². The Bertz CT molecular complexity index is 1130. The number of aromatic nitrogens is 2. The quantitative estimate of drug-likeness (QED) is 0.599. The molecule has 3 heterocycles. The number of aliphatic hydroxyl groups is 1. The molecule has 0 bridgehead atoms. The second-order valence-electron chi connectivity index (χ2n) is 7.87. The number of likely N-dealkylation sites (tertiary alicyclic amines) is 1. The van der Waals surface area contributed by atoms with Crippen molar-refractivity contribution in [3.05, 3.63) is 72.6 Å². The summed E-state index contributed by atoms with van der Waals surface area (Å²) in [6, 6.07) is 19.2. The van der Waals surface area contributed by atoms with E-state index < -0.39 is 5.60 Å². The van der Waals surface area contributed by atoms with E-state index in [1.165, 1.54) is 16.5 Å². The van der Waals surface area contributed by atoms with Crippen molar-refractivity contribution in [1.82, 2.24) is 14.5 Å². The highest BCUT2D eigenvalue weighted by Gasteiger charge is 2.31. The third-order valence-electron chi connectivity index (χ3n) is 5.61. The highest BCUT2D eigenvalue weighted by molar-refractivity contribution is 5.87. The lowest BCUT2D eigenvalue weighted by Crippen LogP contribution is -2.29. The summed E-state index contributed by atoms with van der Waals surface area (Å²) >= 11 is 0. The Morgan fingerprint density at radius 1 is 1.11 bits per heavy atom. The Morgan fingerprint density at radius 3 is 2.89 bits per heavy atom. The smallest absolute Gasteiger partial charge is 0.0758 e. The maximum absolute atomic E-state index is 10.2. The molecule has 0 amide bonds. The van der Waals surface area contributed by atoms with E-state index in [0.29, 0.717) is 0 Å². The number of rotatable bonds is 3. The summed E-state index contributed by atoms with van der Waals surface area (Å²) in [5.41, 5.74) is 4.12. The Hall–Kier alpha value is -2.69. The molecule has 2 aromatic carbocycles. The predicted octanol–water partition coefficient (Wildman–Crippen LogP) is 4.14. The molecule has 0 radical (unpaired) electrons. The molecule has 27 heavy (non-hydrogen) atoms. The molecule has 1 aliphatic heterocycles. The lowest BCUT2D eigenvalue weighted by atomic mass is 10.1. The Morgan fingerprint density at radius 2 is 2.04 bits per heavy atom. The van der Waals surface area contributed by atoms with Crippen molar-refractivity contribution >= 4 is 21.8 Å². The van der Waals surface area contributed by atoms with Gasteiger partial charge in [-0.2, -0.15) is 0 Å². The lowest BCUT2D eigenvalue weighted by molar-refractivity contribution is 0.0679. The van der Waals surface area contributed by atoms with Crippen LogP contribution in [0.1, 0.15) is 18.9 Å². The van der Waals surface area contributed by atoms with Gasteiger partial charge in [0.1, 0.15) is 0 Å². The van der Waals surface area contributed by atoms with Crippen molar-refractivity contribution < 1.29 is 5.11 Å². The molecule has 0 saturated carbocycles. The normalized spacial score (nSPS) is 20.7. The van der Waals surface area contributed by atoms with Crippen LogP contribution in [0.25, 0.3) is 27.5 Å². The molecule has 1 aliphatic rings. The number of fused-ring (bicyclic) bond motifs is 2. The summed E-state index contributed by atoms with van der Waals surface area (Å²) in [5.74, 6) is 0. The van der Waals surface area contributed by atoms with Crippen LogP contribution >= 0.6 is 0 Å². The zero-order valence-corrected chi connectivity index (χ0v) is 15.5. The minimum absolute atomic E-state index is 0.557. The number of hydrogen-bond donors (Lipinski definition) is 1. The van der Waals surface area contributed by atoms with E-state index in [4.69, 9.17) is 0 Å². The van der Waals surface area contributed by atoms with Crippen molar-refractivity contribution in [1.29, 1.82) is 0 Å². The van der Waals surface area contributed by atoms with Crippen LogP contribution in [0.3, 0.4) is 0 Å². The van der Waals surface area contributed by atoms with E-state index in [1.807, 2.05) is 19.2 Å². The molecular weight excluding hydrogens is 334 g/mol. The van der Waals surface area contributed by atoms with Gasteiger partial charge in [0.15, 0.2) is 0 Å². The fourth-order valence-electron chi connectivity index (χ4n) is 4.22. The molecule has 4 heteroatoms. The highest BCUT2D eigenvalue weighted by Crippen LogP contribution is 2.28. The number of hydrogen-bond acceptors (Lipinski definition) is 3. The van der Waals surface area contributed by atoms with Crippen LogP contribution in [0.5, 0.6) is 0 Å². The first kappa shape index (κ1) is 16.5. The minimum Gasteiger partial charge on any atom is -0.389 e. The minimum atomic E-state index is -0.557. The van der Waals surface area contributed by atoms with Crippen LogP contribution < -0.4 is 0 Å². The fraction of sp³-hybridized carbons (Fsp3) is 0.261. The molecule has 5 rings (SSSR count). The zero-order chi connectivity index (χ0) is 18.4. The molecule has 4 nitrogen and oxygen atoms in total. The van der Waals surface area contributed by atoms with Gasteiger partial charge in [-0.05, 0) is 55.3 Å². The van der Waals surface area contributed by atoms with E-state index in [2.05, 4.69) is 69.2 Å². The second kappa shape index (κ2) is 6.19. The van der Waals surface area contributed by atoms with Gasteiger partial charge < -0.3 is 9.67 Å². The topological polar surface area (TPSA) is 41.3 Å². The average Bonchev–Trinajstić information content (AvgIpc) is 3.25. The Kier molecular flexibility index (Phi) is 3.78. The molecule has 1 atom stereocenters. The number of nitrogens with zero attached hydrogens (tertiary/aromatic N) is 3. The van der Waals surface area contributed by atoms with E-state index in [-0.39, 0.29) is 0 Å². The van der Waals surface area contributed by atoms with Crippen LogP contribution in [0.4, 0.5) is 0 Å². The molecule has 1 fully saturated rings. The van der Waals surface area contributed by atoms with Gasteiger partial charge in [-0.1, -0.05) is 18.2 Å². The first-order valence-electron chi connectivity index (χ1n) is 9.48. The summed E-state index contributed by atoms with van der Waals surface area (Å²) in [6.45, 7) is 4.49. The van der Waals surface area contributed by atoms with Gasteiger partial charge in [-0.25, -0.2) is 0 Å². The number of pyridine rings is 1. The monoisotopic (exact) mass is 357 g/mol. The summed E-state index contributed by atoms with van der Waals surface area (Å²) in [6.07, 6.45) is 4.82. The van der Waals surface area contributed by atoms with Gasteiger partial charge in [0.2, 0.25) is 0 Å². The Labute approximate surface area is 158 Å². The standard InChI is InChI=1S/C23H23N3O/c1-23(27)10-13-25(16-23)15-18-4-2-6-22-20(18)9-12-26(22)19-7-8-21-17(14-19)5-3-11-24-21/h2-9,11-12,14,27H,10,13,15-16H2,1H3. The molecule has 1 unspecified atom stereocenters. The fourth-order valence-corrected chi connectivity index (χ4v) is 4.22. The average molecular weight is 357 g/mol. The summed E-state index contributed by atoms with van der Waals surface area (Å²) in [7, 11) is 0. The largest absolute Gasteiger partial charge is 0.389 e. The maximum atomic E-state index is 10.2.